The van der Waals surface area contributed by atoms with Crippen LogP contribution in [0.15, 0.2) is 30.0 Å². The molecule has 0 saturated carbocycles. The van der Waals surface area contributed by atoms with Gasteiger partial charge in [-0.05, 0) is 42.4 Å². The quantitative estimate of drug-likeness (QED) is 0.787. The zero-order valence-corrected chi connectivity index (χ0v) is 15.1. The molecule has 0 aromatic heterocycles. The zero-order valence-electron chi connectivity index (χ0n) is 15.1. The van der Waals surface area contributed by atoms with Gasteiger partial charge in [-0.25, -0.2) is 4.39 Å². The van der Waals surface area contributed by atoms with E-state index in [4.69, 9.17) is 0 Å². The number of benzene rings is 1. The van der Waals surface area contributed by atoms with E-state index in [2.05, 4.69) is 6.92 Å². The van der Waals surface area contributed by atoms with Crippen molar-refractivity contribution >= 4 is 17.4 Å². The van der Waals surface area contributed by atoms with Crippen LogP contribution >= 0.6 is 0 Å². The topological polar surface area (TPSA) is 40.6 Å². The Bertz CT molecular complexity index is 709. The lowest BCUT2D eigenvalue weighted by molar-refractivity contribution is -0.138. The van der Waals surface area contributed by atoms with Crippen molar-refractivity contribution in [3.05, 3.63) is 41.3 Å². The third-order valence-corrected chi connectivity index (χ3v) is 4.80. The van der Waals surface area contributed by atoms with Gasteiger partial charge in [0.15, 0.2) is 0 Å². The van der Waals surface area contributed by atoms with Crippen molar-refractivity contribution in [1.82, 2.24) is 9.80 Å². The van der Waals surface area contributed by atoms with Gasteiger partial charge in [0, 0.05) is 19.6 Å². The molecule has 2 amide bonds. The Morgan fingerprint density at radius 3 is 2.44 bits per heavy atom. The van der Waals surface area contributed by atoms with Gasteiger partial charge >= 0.3 is 0 Å². The SMILES string of the molecule is CC(C)CN1C(=O)C(c2ccc(F)cc2)=C(N2CCCC(C)C2)C1=O. The van der Waals surface area contributed by atoms with E-state index >= 15 is 0 Å². The van der Waals surface area contributed by atoms with Crippen LogP contribution in [0.4, 0.5) is 4.39 Å². The van der Waals surface area contributed by atoms with E-state index in [-0.39, 0.29) is 23.5 Å². The number of hydrogen-bond acceptors (Lipinski definition) is 3. The number of amides is 2. The second-order valence-electron chi connectivity index (χ2n) is 7.54. The molecule has 2 aliphatic heterocycles. The maximum atomic E-state index is 13.3. The molecule has 1 fully saturated rings. The van der Waals surface area contributed by atoms with Crippen molar-refractivity contribution in [1.29, 1.82) is 0 Å². The molecule has 1 aromatic carbocycles. The lowest BCUT2D eigenvalue weighted by Crippen LogP contribution is -2.40. The van der Waals surface area contributed by atoms with Gasteiger partial charge in [-0.15, -0.1) is 0 Å². The molecule has 2 heterocycles. The normalized spacial score (nSPS) is 21.7. The van der Waals surface area contributed by atoms with Crippen molar-refractivity contribution < 1.29 is 14.0 Å². The van der Waals surface area contributed by atoms with Crippen molar-refractivity contribution in [3.8, 4) is 0 Å². The summed E-state index contributed by atoms with van der Waals surface area (Å²) in [6.45, 7) is 8.08. The van der Waals surface area contributed by atoms with Gasteiger partial charge in [-0.2, -0.15) is 0 Å². The fourth-order valence-corrected chi connectivity index (χ4v) is 3.66. The summed E-state index contributed by atoms with van der Waals surface area (Å²) >= 11 is 0. The smallest absolute Gasteiger partial charge is 0.277 e. The number of hydrogen-bond donors (Lipinski definition) is 0. The molecule has 1 unspecified atom stereocenters. The number of rotatable bonds is 4. The molecule has 1 aromatic rings. The van der Waals surface area contributed by atoms with Crippen LogP contribution in [0.1, 0.15) is 39.2 Å². The first-order valence-corrected chi connectivity index (χ1v) is 8.99. The number of halogens is 1. The van der Waals surface area contributed by atoms with Crippen molar-refractivity contribution in [2.75, 3.05) is 19.6 Å². The lowest BCUT2D eigenvalue weighted by atomic mass is 9.98. The summed E-state index contributed by atoms with van der Waals surface area (Å²) in [4.78, 5) is 29.4. The summed E-state index contributed by atoms with van der Waals surface area (Å²) in [5.74, 6) is -0.154. The first-order valence-electron chi connectivity index (χ1n) is 8.99. The van der Waals surface area contributed by atoms with E-state index < -0.39 is 0 Å². The lowest BCUT2D eigenvalue weighted by Gasteiger charge is -2.33. The highest BCUT2D eigenvalue weighted by Gasteiger charge is 2.42. The minimum atomic E-state index is -0.353. The second-order valence-corrected chi connectivity index (χ2v) is 7.54. The molecule has 0 N–H and O–H groups in total. The maximum Gasteiger partial charge on any atom is 0.277 e. The standard InChI is InChI=1S/C20H25FN2O2/c1-13(2)11-23-19(24)17(15-6-8-16(21)9-7-15)18(20(23)25)22-10-4-5-14(3)12-22/h6-9,13-14H,4-5,10-12H2,1-3H3. The molecule has 1 atom stereocenters. The fraction of sp³-hybridized carbons (Fsp3) is 0.500. The summed E-state index contributed by atoms with van der Waals surface area (Å²) < 4.78 is 13.3. The first kappa shape index (κ1) is 17.6. The summed E-state index contributed by atoms with van der Waals surface area (Å²) in [6, 6.07) is 5.84. The molecule has 0 aliphatic carbocycles. The van der Waals surface area contributed by atoms with Gasteiger partial charge < -0.3 is 4.90 Å². The van der Waals surface area contributed by atoms with E-state index in [1.54, 1.807) is 12.1 Å². The highest BCUT2D eigenvalue weighted by atomic mass is 19.1. The van der Waals surface area contributed by atoms with Gasteiger partial charge in [0.25, 0.3) is 11.8 Å². The van der Waals surface area contributed by atoms with Crippen molar-refractivity contribution in [3.63, 3.8) is 0 Å². The van der Waals surface area contributed by atoms with E-state index in [9.17, 15) is 14.0 Å². The zero-order chi connectivity index (χ0) is 18.1. The van der Waals surface area contributed by atoms with Crippen LogP contribution in [0.25, 0.3) is 5.57 Å². The maximum absolute atomic E-state index is 13.3. The number of imide groups is 1. The van der Waals surface area contributed by atoms with Crippen LogP contribution in [-0.2, 0) is 9.59 Å². The van der Waals surface area contributed by atoms with Crippen LogP contribution in [0.3, 0.4) is 0 Å². The number of nitrogens with zero attached hydrogens (tertiary/aromatic N) is 2. The Hall–Kier alpha value is -2.17. The van der Waals surface area contributed by atoms with Crippen LogP contribution in [-0.4, -0.2) is 41.2 Å². The number of likely N-dealkylation sites (tertiary alicyclic amines) is 1. The molecule has 5 heteroatoms. The van der Waals surface area contributed by atoms with Gasteiger partial charge in [0.05, 0.1) is 5.57 Å². The summed E-state index contributed by atoms with van der Waals surface area (Å²) in [6.07, 6.45) is 2.14. The Morgan fingerprint density at radius 1 is 1.16 bits per heavy atom. The van der Waals surface area contributed by atoms with Crippen LogP contribution in [0, 0.1) is 17.7 Å². The average molecular weight is 344 g/mol. The van der Waals surface area contributed by atoms with Crippen molar-refractivity contribution in [2.24, 2.45) is 11.8 Å². The third kappa shape index (κ3) is 3.46. The number of carbonyl (C=O) groups excluding carboxylic acids is 2. The molecule has 4 nitrogen and oxygen atoms in total. The minimum absolute atomic E-state index is 0.196. The summed E-state index contributed by atoms with van der Waals surface area (Å²) in [5.41, 5.74) is 1.52. The molecule has 134 valence electrons. The van der Waals surface area contributed by atoms with Crippen LogP contribution in [0.2, 0.25) is 0 Å². The number of carbonyl (C=O) groups is 2. The molecule has 0 bridgehead atoms. The van der Waals surface area contributed by atoms with E-state index in [1.165, 1.54) is 17.0 Å². The summed E-state index contributed by atoms with van der Waals surface area (Å²) in [5, 5.41) is 0. The largest absolute Gasteiger partial charge is 0.366 e. The highest BCUT2D eigenvalue weighted by molar-refractivity contribution is 6.35. The van der Waals surface area contributed by atoms with Gasteiger partial charge in [-0.1, -0.05) is 32.9 Å². The monoisotopic (exact) mass is 344 g/mol. The summed E-state index contributed by atoms with van der Waals surface area (Å²) in [7, 11) is 0. The van der Waals surface area contributed by atoms with Crippen molar-refractivity contribution in [2.45, 2.75) is 33.6 Å². The average Bonchev–Trinajstić information content (AvgIpc) is 2.80. The van der Waals surface area contributed by atoms with Gasteiger partial charge in [-0.3, -0.25) is 14.5 Å². The fourth-order valence-electron chi connectivity index (χ4n) is 3.66. The number of piperidine rings is 1. The predicted molar refractivity (Wildman–Crippen MR) is 94.8 cm³/mol. The molecule has 1 saturated heterocycles. The first-order chi connectivity index (χ1) is 11.9. The Labute approximate surface area is 148 Å². The molecular formula is C20H25FN2O2. The molecule has 25 heavy (non-hydrogen) atoms. The molecular weight excluding hydrogens is 319 g/mol. The Morgan fingerprint density at radius 2 is 1.84 bits per heavy atom. The van der Waals surface area contributed by atoms with Gasteiger partial charge in [0.1, 0.15) is 11.5 Å². The molecule has 0 spiro atoms. The Balaban J connectivity index is 2.05. The van der Waals surface area contributed by atoms with E-state index in [1.807, 2.05) is 18.7 Å². The van der Waals surface area contributed by atoms with E-state index in [0.717, 1.165) is 25.9 Å². The third-order valence-electron chi connectivity index (χ3n) is 4.80. The highest BCUT2D eigenvalue weighted by Crippen LogP contribution is 2.34. The molecule has 0 radical (unpaired) electrons. The molecule has 2 aliphatic rings. The van der Waals surface area contributed by atoms with Crippen LogP contribution < -0.4 is 0 Å². The second kappa shape index (κ2) is 6.98. The van der Waals surface area contributed by atoms with Gasteiger partial charge in [0.2, 0.25) is 0 Å². The minimum Gasteiger partial charge on any atom is -0.366 e. The van der Waals surface area contributed by atoms with E-state index in [0.29, 0.717) is 29.3 Å². The molecule has 3 rings (SSSR count). The van der Waals surface area contributed by atoms with Crippen LogP contribution in [0.5, 0.6) is 0 Å². The Kier molecular flexibility index (Phi) is 4.93. The predicted octanol–water partition coefficient (Wildman–Crippen LogP) is 3.29.